The summed E-state index contributed by atoms with van der Waals surface area (Å²) < 4.78 is 32.0. The highest BCUT2D eigenvalue weighted by Crippen LogP contribution is 2.28. The fraction of sp³-hybridized carbons (Fsp3) is 0.545. The molecular formula is C11H16F2N4O. The summed E-state index contributed by atoms with van der Waals surface area (Å²) >= 11 is 0. The van der Waals surface area contributed by atoms with Crippen LogP contribution in [0.1, 0.15) is 19.8 Å². The van der Waals surface area contributed by atoms with Crippen molar-refractivity contribution in [3.05, 3.63) is 17.7 Å². The monoisotopic (exact) mass is 258 g/mol. The Morgan fingerprint density at radius 2 is 2.06 bits per heavy atom. The molecule has 0 saturated heterocycles. The molecule has 100 valence electrons. The number of rotatable bonds is 5. The molecule has 1 fully saturated rings. The number of nitrogens with zero attached hydrogens (tertiary/aromatic N) is 1. The van der Waals surface area contributed by atoms with Crippen LogP contribution in [0.5, 0.6) is 0 Å². The fourth-order valence-corrected chi connectivity index (χ4v) is 1.92. The molecule has 0 aromatic carbocycles. The Morgan fingerprint density at radius 3 is 2.67 bits per heavy atom. The van der Waals surface area contributed by atoms with Crippen LogP contribution in [0.2, 0.25) is 0 Å². The van der Waals surface area contributed by atoms with Gasteiger partial charge in [0.25, 0.3) is 0 Å². The summed E-state index contributed by atoms with van der Waals surface area (Å²) in [6.07, 6.45) is 1.79. The van der Waals surface area contributed by atoms with E-state index in [9.17, 15) is 8.78 Å². The molecule has 1 aliphatic carbocycles. The van der Waals surface area contributed by atoms with Gasteiger partial charge in [0.1, 0.15) is 0 Å². The number of halogens is 2. The molecule has 1 heterocycles. The number of hydrogen-bond donors (Lipinski definition) is 3. The molecule has 7 heteroatoms. The summed E-state index contributed by atoms with van der Waals surface area (Å²) in [5.74, 6) is 3.36. The Hall–Kier alpha value is -1.47. The van der Waals surface area contributed by atoms with E-state index in [0.717, 1.165) is 18.9 Å². The van der Waals surface area contributed by atoms with Crippen molar-refractivity contribution in [1.82, 2.24) is 4.98 Å². The number of nitrogen functional groups attached to an aromatic ring is 1. The topological polar surface area (TPSA) is 72.2 Å². The summed E-state index contributed by atoms with van der Waals surface area (Å²) in [5.41, 5.74) is 2.08. The van der Waals surface area contributed by atoms with Crippen LogP contribution in [0.15, 0.2) is 6.07 Å². The fourth-order valence-electron chi connectivity index (χ4n) is 1.92. The van der Waals surface area contributed by atoms with E-state index in [-0.39, 0.29) is 23.8 Å². The van der Waals surface area contributed by atoms with E-state index in [1.165, 1.54) is 0 Å². The number of pyridine rings is 1. The van der Waals surface area contributed by atoms with Crippen LogP contribution in [0.25, 0.3) is 0 Å². The highest BCUT2D eigenvalue weighted by atomic mass is 19.1. The van der Waals surface area contributed by atoms with Gasteiger partial charge in [0, 0.05) is 18.7 Å². The van der Waals surface area contributed by atoms with Crippen molar-refractivity contribution in [2.24, 2.45) is 5.84 Å². The van der Waals surface area contributed by atoms with Crippen LogP contribution in [0.4, 0.5) is 20.4 Å². The summed E-state index contributed by atoms with van der Waals surface area (Å²) in [5, 5.41) is 2.91. The van der Waals surface area contributed by atoms with Crippen molar-refractivity contribution in [1.29, 1.82) is 0 Å². The summed E-state index contributed by atoms with van der Waals surface area (Å²) in [6, 6.07) is 0.850. The molecular weight excluding hydrogens is 242 g/mol. The zero-order valence-corrected chi connectivity index (χ0v) is 10.0. The normalized spacial score (nSPS) is 22.4. The maximum Gasteiger partial charge on any atom is 0.178 e. The van der Waals surface area contributed by atoms with E-state index in [4.69, 9.17) is 10.6 Å². The lowest BCUT2D eigenvalue weighted by Crippen LogP contribution is -2.41. The molecule has 0 spiro atoms. The number of hydrogen-bond acceptors (Lipinski definition) is 5. The van der Waals surface area contributed by atoms with Crippen LogP contribution in [-0.2, 0) is 4.74 Å². The van der Waals surface area contributed by atoms with Crippen LogP contribution < -0.4 is 16.6 Å². The smallest absolute Gasteiger partial charge is 0.178 e. The van der Waals surface area contributed by atoms with E-state index in [1.54, 1.807) is 0 Å². The van der Waals surface area contributed by atoms with Crippen molar-refractivity contribution in [3.8, 4) is 0 Å². The van der Waals surface area contributed by atoms with Crippen LogP contribution >= 0.6 is 0 Å². The Labute approximate surface area is 104 Å². The minimum Gasteiger partial charge on any atom is -0.378 e. The van der Waals surface area contributed by atoms with Gasteiger partial charge in [-0.05, 0) is 19.8 Å². The predicted octanol–water partition coefficient (Wildman–Crippen LogP) is 1.62. The summed E-state index contributed by atoms with van der Waals surface area (Å²) in [4.78, 5) is 3.75. The first-order chi connectivity index (χ1) is 8.63. The molecule has 0 bridgehead atoms. The molecule has 1 aliphatic rings. The van der Waals surface area contributed by atoms with Gasteiger partial charge in [-0.25, -0.2) is 19.6 Å². The standard InChI is InChI=1S/C11H16F2N4O/c1-2-18-7-3-6(4-7)15-10-8(12)5-9(13)11(16-10)17-14/h5-7H,2-4,14H2,1H3,(H2,15,16,17). The van der Waals surface area contributed by atoms with E-state index in [0.29, 0.717) is 6.61 Å². The van der Waals surface area contributed by atoms with E-state index in [1.807, 2.05) is 6.92 Å². The molecule has 0 aliphatic heterocycles. The van der Waals surface area contributed by atoms with Crippen molar-refractivity contribution in [2.45, 2.75) is 31.9 Å². The SMILES string of the molecule is CCOC1CC(Nc2nc(NN)c(F)cc2F)C1. The van der Waals surface area contributed by atoms with E-state index < -0.39 is 11.6 Å². The van der Waals surface area contributed by atoms with Gasteiger partial charge in [0.2, 0.25) is 0 Å². The molecule has 1 aromatic rings. The lowest BCUT2D eigenvalue weighted by molar-refractivity contribution is 0.00286. The van der Waals surface area contributed by atoms with E-state index in [2.05, 4.69) is 15.7 Å². The quantitative estimate of drug-likeness (QED) is 0.553. The van der Waals surface area contributed by atoms with E-state index >= 15 is 0 Å². The average Bonchev–Trinajstić information content (AvgIpc) is 2.29. The Balaban J connectivity index is 1.98. The first-order valence-corrected chi connectivity index (χ1v) is 5.84. The number of hydrazine groups is 1. The summed E-state index contributed by atoms with van der Waals surface area (Å²) in [6.45, 7) is 2.60. The molecule has 1 saturated carbocycles. The third-order valence-corrected chi connectivity index (χ3v) is 2.90. The molecule has 0 unspecified atom stereocenters. The number of nitrogens with one attached hydrogen (secondary N) is 2. The molecule has 2 rings (SSSR count). The maximum absolute atomic E-state index is 13.5. The van der Waals surface area contributed by atoms with Gasteiger partial charge in [-0.3, -0.25) is 0 Å². The van der Waals surface area contributed by atoms with Crippen LogP contribution in [-0.4, -0.2) is 23.7 Å². The third-order valence-electron chi connectivity index (χ3n) is 2.90. The Kier molecular flexibility index (Phi) is 3.93. The highest BCUT2D eigenvalue weighted by Gasteiger charge is 2.30. The molecule has 0 radical (unpaired) electrons. The largest absolute Gasteiger partial charge is 0.378 e. The van der Waals surface area contributed by atoms with Gasteiger partial charge in [-0.15, -0.1) is 0 Å². The lowest BCUT2D eigenvalue weighted by Gasteiger charge is -2.35. The van der Waals surface area contributed by atoms with Gasteiger partial charge in [0.15, 0.2) is 23.3 Å². The number of aromatic nitrogens is 1. The van der Waals surface area contributed by atoms with Gasteiger partial charge in [-0.1, -0.05) is 0 Å². The first kappa shape index (κ1) is 13.0. The Morgan fingerprint density at radius 1 is 1.39 bits per heavy atom. The molecule has 0 atom stereocenters. The zero-order valence-electron chi connectivity index (χ0n) is 10.0. The van der Waals surface area contributed by atoms with Crippen molar-refractivity contribution < 1.29 is 13.5 Å². The van der Waals surface area contributed by atoms with Crippen molar-refractivity contribution in [2.75, 3.05) is 17.3 Å². The van der Waals surface area contributed by atoms with Gasteiger partial charge < -0.3 is 15.5 Å². The average molecular weight is 258 g/mol. The molecule has 18 heavy (non-hydrogen) atoms. The third kappa shape index (κ3) is 2.68. The second kappa shape index (κ2) is 5.45. The number of anilines is 2. The summed E-state index contributed by atoms with van der Waals surface area (Å²) in [7, 11) is 0. The van der Waals surface area contributed by atoms with Crippen molar-refractivity contribution in [3.63, 3.8) is 0 Å². The van der Waals surface area contributed by atoms with Crippen molar-refractivity contribution >= 4 is 11.6 Å². The second-order valence-electron chi connectivity index (χ2n) is 4.18. The zero-order chi connectivity index (χ0) is 13.1. The number of nitrogens with two attached hydrogens (primary N) is 1. The molecule has 0 amide bonds. The van der Waals surface area contributed by atoms with Crippen LogP contribution in [0, 0.1) is 11.6 Å². The molecule has 1 aromatic heterocycles. The lowest BCUT2D eigenvalue weighted by atomic mass is 9.89. The van der Waals surface area contributed by atoms with Crippen LogP contribution in [0.3, 0.4) is 0 Å². The Bertz CT molecular complexity index is 424. The maximum atomic E-state index is 13.5. The minimum absolute atomic E-state index is 0.00398. The van der Waals surface area contributed by atoms with Gasteiger partial charge >= 0.3 is 0 Å². The number of ether oxygens (including phenoxy) is 1. The minimum atomic E-state index is -0.818. The molecule has 4 N–H and O–H groups in total. The first-order valence-electron chi connectivity index (χ1n) is 5.84. The second-order valence-corrected chi connectivity index (χ2v) is 4.18. The van der Waals surface area contributed by atoms with Gasteiger partial charge in [0.05, 0.1) is 6.10 Å². The predicted molar refractivity (Wildman–Crippen MR) is 64.0 cm³/mol. The highest BCUT2D eigenvalue weighted by molar-refractivity contribution is 5.47. The molecule has 5 nitrogen and oxygen atoms in total. The van der Waals surface area contributed by atoms with Gasteiger partial charge in [-0.2, -0.15) is 0 Å².